The molecule has 3 aliphatic rings. The number of hydrogen-bond acceptors (Lipinski definition) is 4. The molecule has 4 rings (SSSR count). The van der Waals surface area contributed by atoms with Gasteiger partial charge >= 0.3 is 0 Å². The van der Waals surface area contributed by atoms with Gasteiger partial charge in [0.2, 0.25) is 5.91 Å². The number of rotatable bonds is 1. The molecular weight excluding hydrogens is 340 g/mol. The summed E-state index contributed by atoms with van der Waals surface area (Å²) < 4.78 is 0. The molecule has 0 radical (unpaired) electrons. The molecule has 2 heterocycles. The lowest BCUT2D eigenvalue weighted by atomic mass is 9.55. The van der Waals surface area contributed by atoms with Crippen molar-refractivity contribution in [3.63, 3.8) is 0 Å². The van der Waals surface area contributed by atoms with Crippen molar-refractivity contribution in [3.8, 4) is 0 Å². The van der Waals surface area contributed by atoms with E-state index in [2.05, 4.69) is 10.2 Å². The van der Waals surface area contributed by atoms with E-state index >= 15 is 0 Å². The Morgan fingerprint density at radius 1 is 1.11 bits per heavy atom. The van der Waals surface area contributed by atoms with Gasteiger partial charge in [-0.2, -0.15) is 0 Å². The molecule has 144 valence electrons. The van der Waals surface area contributed by atoms with Crippen LogP contribution < -0.4 is 10.2 Å². The molecule has 1 N–H and O–H groups in total. The zero-order chi connectivity index (χ0) is 19.4. The normalized spacial score (nSPS) is 25.7. The van der Waals surface area contributed by atoms with Crippen LogP contribution in [0.4, 0.5) is 11.4 Å². The molecule has 2 fully saturated rings. The van der Waals surface area contributed by atoms with Gasteiger partial charge in [-0.05, 0) is 54.9 Å². The van der Waals surface area contributed by atoms with E-state index < -0.39 is 5.41 Å². The highest BCUT2D eigenvalue weighted by molar-refractivity contribution is 6.11. The number of nitrogens with zero attached hydrogens (tertiary/aromatic N) is 1. The van der Waals surface area contributed by atoms with Gasteiger partial charge in [-0.3, -0.25) is 14.4 Å². The van der Waals surface area contributed by atoms with E-state index in [0.717, 1.165) is 42.7 Å². The number of Topliss-reactive ketones (excluding diaryl/α,β-unsaturated/α-hetero) is 2. The molecule has 1 saturated heterocycles. The van der Waals surface area contributed by atoms with Gasteiger partial charge in [-0.1, -0.05) is 13.8 Å². The van der Waals surface area contributed by atoms with Crippen LogP contribution in [0, 0.1) is 10.8 Å². The summed E-state index contributed by atoms with van der Waals surface area (Å²) in [6.07, 6.45) is 4.42. The zero-order valence-corrected chi connectivity index (χ0v) is 16.4. The molecule has 27 heavy (non-hydrogen) atoms. The quantitative estimate of drug-likeness (QED) is 0.771. The number of anilines is 2. The number of carbonyl (C=O) groups is 3. The lowest BCUT2D eigenvalue weighted by Gasteiger charge is -2.54. The van der Waals surface area contributed by atoms with E-state index in [0.29, 0.717) is 19.3 Å². The number of amides is 1. The van der Waals surface area contributed by atoms with Crippen molar-refractivity contribution in [1.29, 1.82) is 0 Å². The maximum atomic E-state index is 13.4. The Labute approximate surface area is 160 Å². The van der Waals surface area contributed by atoms with Gasteiger partial charge in [-0.15, -0.1) is 0 Å². The SMILES string of the molecule is CC(=O)Nc1ccc2c(c1)CC1(C(=O)CC(C)(C)CC1=O)[C@H]1CCCCN21. The van der Waals surface area contributed by atoms with Crippen LogP contribution >= 0.6 is 0 Å². The molecule has 0 bridgehead atoms. The van der Waals surface area contributed by atoms with Crippen LogP contribution in [0.3, 0.4) is 0 Å². The van der Waals surface area contributed by atoms with Gasteiger partial charge in [0.1, 0.15) is 17.0 Å². The summed E-state index contributed by atoms with van der Waals surface area (Å²) in [7, 11) is 0. The number of piperidine rings is 1. The third-order valence-electron chi connectivity index (χ3n) is 6.52. The molecule has 1 saturated carbocycles. The molecule has 0 unspecified atom stereocenters. The first-order valence-corrected chi connectivity index (χ1v) is 9.97. The molecule has 1 aromatic rings. The first-order valence-electron chi connectivity index (χ1n) is 9.97. The number of ketones is 2. The average molecular weight is 368 g/mol. The number of hydrogen-bond donors (Lipinski definition) is 1. The predicted octanol–water partition coefficient (Wildman–Crippen LogP) is 3.50. The monoisotopic (exact) mass is 368 g/mol. The summed E-state index contributed by atoms with van der Waals surface area (Å²) in [5.41, 5.74) is 1.67. The molecule has 1 aliphatic carbocycles. The highest BCUT2D eigenvalue weighted by Crippen LogP contribution is 2.52. The fraction of sp³-hybridized carbons (Fsp3) is 0.591. The third kappa shape index (κ3) is 2.88. The summed E-state index contributed by atoms with van der Waals surface area (Å²) >= 11 is 0. The Morgan fingerprint density at radius 3 is 2.48 bits per heavy atom. The van der Waals surface area contributed by atoms with Crippen molar-refractivity contribution < 1.29 is 14.4 Å². The third-order valence-corrected chi connectivity index (χ3v) is 6.52. The first kappa shape index (κ1) is 18.2. The van der Waals surface area contributed by atoms with Crippen LogP contribution in [0.5, 0.6) is 0 Å². The molecule has 1 atom stereocenters. The maximum Gasteiger partial charge on any atom is 0.221 e. The second-order valence-electron chi connectivity index (χ2n) is 9.24. The van der Waals surface area contributed by atoms with Crippen LogP contribution in [0.2, 0.25) is 0 Å². The van der Waals surface area contributed by atoms with Gasteiger partial charge in [0.15, 0.2) is 0 Å². The minimum absolute atomic E-state index is 0.0264. The van der Waals surface area contributed by atoms with E-state index in [1.807, 2.05) is 32.0 Å². The van der Waals surface area contributed by atoms with Gasteiger partial charge in [0, 0.05) is 43.7 Å². The van der Waals surface area contributed by atoms with Gasteiger partial charge in [0.05, 0.1) is 0 Å². The second-order valence-corrected chi connectivity index (χ2v) is 9.24. The van der Waals surface area contributed by atoms with E-state index in [1.54, 1.807) is 0 Å². The Morgan fingerprint density at radius 2 is 1.81 bits per heavy atom. The standard InChI is InChI=1S/C22H28N2O3/c1-14(25)23-16-7-8-17-15(10-16)11-22(18-6-4-5-9-24(17)18)19(26)12-21(2,3)13-20(22)27/h7-8,10,18H,4-6,9,11-13H2,1-3H3,(H,23,25)/t18-/m1/s1. The molecule has 1 aromatic carbocycles. The van der Waals surface area contributed by atoms with Crippen LogP contribution in [-0.4, -0.2) is 30.1 Å². The number of benzene rings is 1. The van der Waals surface area contributed by atoms with Crippen molar-refractivity contribution >= 4 is 28.8 Å². The van der Waals surface area contributed by atoms with Crippen LogP contribution in [-0.2, 0) is 20.8 Å². The van der Waals surface area contributed by atoms with Crippen molar-refractivity contribution in [2.75, 3.05) is 16.8 Å². The minimum Gasteiger partial charge on any atom is -0.367 e. The molecular formula is C22H28N2O3. The highest BCUT2D eigenvalue weighted by Gasteiger charge is 2.59. The maximum absolute atomic E-state index is 13.4. The fourth-order valence-corrected chi connectivity index (χ4v) is 5.41. The highest BCUT2D eigenvalue weighted by atomic mass is 16.2. The second kappa shape index (κ2) is 6.18. The Balaban J connectivity index is 1.82. The minimum atomic E-state index is -0.919. The largest absolute Gasteiger partial charge is 0.367 e. The first-order chi connectivity index (χ1) is 12.7. The summed E-state index contributed by atoms with van der Waals surface area (Å²) in [5.74, 6) is 0.0929. The zero-order valence-electron chi connectivity index (χ0n) is 16.4. The molecule has 5 nitrogen and oxygen atoms in total. The van der Waals surface area contributed by atoms with E-state index in [-0.39, 0.29) is 28.9 Å². The number of fused-ring (bicyclic) bond motifs is 4. The summed E-state index contributed by atoms with van der Waals surface area (Å²) in [5, 5.41) is 2.83. The van der Waals surface area contributed by atoms with E-state index in [9.17, 15) is 14.4 Å². The smallest absolute Gasteiger partial charge is 0.221 e. The molecule has 5 heteroatoms. The summed E-state index contributed by atoms with van der Waals surface area (Å²) in [6, 6.07) is 5.87. The Bertz CT molecular complexity index is 807. The van der Waals surface area contributed by atoms with Gasteiger partial charge < -0.3 is 10.2 Å². The lowest BCUT2D eigenvalue weighted by Crippen LogP contribution is -2.64. The van der Waals surface area contributed by atoms with Crippen molar-refractivity contribution in [2.24, 2.45) is 10.8 Å². The number of nitrogens with one attached hydrogen (secondary N) is 1. The van der Waals surface area contributed by atoms with Crippen molar-refractivity contribution in [3.05, 3.63) is 23.8 Å². The molecule has 1 amide bonds. The molecule has 2 aliphatic heterocycles. The van der Waals surface area contributed by atoms with E-state index in [1.165, 1.54) is 6.92 Å². The lowest BCUT2D eigenvalue weighted by molar-refractivity contribution is -0.150. The predicted molar refractivity (Wildman–Crippen MR) is 105 cm³/mol. The van der Waals surface area contributed by atoms with Gasteiger partial charge in [0.25, 0.3) is 0 Å². The van der Waals surface area contributed by atoms with Crippen LogP contribution in [0.1, 0.15) is 58.4 Å². The summed E-state index contributed by atoms with van der Waals surface area (Å²) in [6.45, 7) is 6.39. The summed E-state index contributed by atoms with van der Waals surface area (Å²) in [4.78, 5) is 40.6. The van der Waals surface area contributed by atoms with Crippen LogP contribution in [0.25, 0.3) is 0 Å². The van der Waals surface area contributed by atoms with Crippen molar-refractivity contribution in [1.82, 2.24) is 0 Å². The van der Waals surface area contributed by atoms with Crippen LogP contribution in [0.15, 0.2) is 18.2 Å². The Kier molecular flexibility index (Phi) is 4.17. The fourth-order valence-electron chi connectivity index (χ4n) is 5.41. The molecule has 0 aromatic heterocycles. The topological polar surface area (TPSA) is 66.5 Å². The van der Waals surface area contributed by atoms with Gasteiger partial charge in [-0.25, -0.2) is 0 Å². The molecule has 1 spiro atoms. The Hall–Kier alpha value is -2.17. The number of carbonyl (C=O) groups excluding carboxylic acids is 3. The average Bonchev–Trinajstić information content (AvgIpc) is 2.58. The van der Waals surface area contributed by atoms with Crippen molar-refractivity contribution in [2.45, 2.75) is 65.3 Å². The van der Waals surface area contributed by atoms with E-state index in [4.69, 9.17) is 0 Å².